The van der Waals surface area contributed by atoms with Crippen molar-refractivity contribution in [1.29, 1.82) is 0 Å². The highest BCUT2D eigenvalue weighted by Gasteiger charge is 2.63. The lowest BCUT2D eigenvalue weighted by Crippen LogP contribution is -2.61. The van der Waals surface area contributed by atoms with Gasteiger partial charge in [0.2, 0.25) is 0 Å². The molecule has 2 amide bonds. The number of carbonyl (C=O) groups excluding carboxylic acids is 2. The number of aliphatic hydroxyl groups is 1. The normalized spacial score (nSPS) is 27.7. The first-order valence-corrected chi connectivity index (χ1v) is 10.6. The van der Waals surface area contributed by atoms with Gasteiger partial charge in [0, 0.05) is 19.1 Å². The Hall–Kier alpha value is -2.22. The molecule has 154 valence electrons. The fourth-order valence-corrected chi connectivity index (χ4v) is 5.08. The lowest BCUT2D eigenvalue weighted by Gasteiger charge is -2.32. The summed E-state index contributed by atoms with van der Waals surface area (Å²) in [5.74, 6) is -0.881. The van der Waals surface area contributed by atoms with Crippen LogP contribution in [0.2, 0.25) is 0 Å². The van der Waals surface area contributed by atoms with Gasteiger partial charge in [-0.1, -0.05) is 54.2 Å². The van der Waals surface area contributed by atoms with Gasteiger partial charge in [0.05, 0.1) is 5.92 Å². The third kappa shape index (κ3) is 3.70. The Kier molecular flexibility index (Phi) is 5.85. The molecule has 1 aliphatic rings. The molecule has 0 radical (unpaired) electrons. The molecule has 0 bridgehead atoms. The maximum Gasteiger partial charge on any atom is 0.521 e. The number of hydrogen-bond donors (Lipinski definition) is 2. The van der Waals surface area contributed by atoms with Crippen LogP contribution < -0.4 is 0 Å². The van der Waals surface area contributed by atoms with Gasteiger partial charge < -0.3 is 10.2 Å². The van der Waals surface area contributed by atoms with Crippen LogP contribution in [0.25, 0.3) is 10.8 Å². The van der Waals surface area contributed by atoms with Gasteiger partial charge in [0.15, 0.2) is 5.12 Å². The fraction of sp³-hybridized carbons (Fsp3) is 0.409. The summed E-state index contributed by atoms with van der Waals surface area (Å²) < 4.78 is -0.834. The van der Waals surface area contributed by atoms with Gasteiger partial charge in [-0.2, -0.15) is 9.28 Å². The molecule has 3 rings (SSSR count). The summed E-state index contributed by atoms with van der Waals surface area (Å²) in [5.41, 5.74) is -0.802. The number of quaternary nitrogens is 1. The SMILES string of the molecule is CC(=O)SCC(C)C(=O)[N@+]1(C(=O)O)CC(O)(c2cccc3ccccc23)CC1C. The van der Waals surface area contributed by atoms with Crippen molar-refractivity contribution in [1.82, 2.24) is 0 Å². The second-order valence-corrected chi connectivity index (χ2v) is 9.16. The zero-order valence-corrected chi connectivity index (χ0v) is 17.6. The van der Waals surface area contributed by atoms with Crippen molar-refractivity contribution < 1.29 is 29.1 Å². The number of carbonyl (C=O) groups is 3. The van der Waals surface area contributed by atoms with Gasteiger partial charge >= 0.3 is 12.0 Å². The third-order valence-electron chi connectivity index (χ3n) is 5.88. The van der Waals surface area contributed by atoms with E-state index in [2.05, 4.69) is 0 Å². The largest absolute Gasteiger partial charge is 0.521 e. The van der Waals surface area contributed by atoms with Gasteiger partial charge in [0.1, 0.15) is 18.2 Å². The third-order valence-corrected chi connectivity index (χ3v) is 6.95. The Morgan fingerprint density at radius 1 is 1.21 bits per heavy atom. The molecule has 0 saturated carbocycles. The Morgan fingerprint density at radius 3 is 2.52 bits per heavy atom. The van der Waals surface area contributed by atoms with Gasteiger partial charge in [-0.15, -0.1) is 0 Å². The highest BCUT2D eigenvalue weighted by atomic mass is 32.2. The van der Waals surface area contributed by atoms with E-state index in [1.165, 1.54) is 6.92 Å². The summed E-state index contributed by atoms with van der Waals surface area (Å²) in [7, 11) is 0. The zero-order chi connectivity index (χ0) is 21.4. The number of likely N-dealkylation sites (tertiary alicyclic amines) is 1. The molecule has 1 aliphatic heterocycles. The number of carboxylic acid groups (broad SMARTS) is 1. The minimum atomic E-state index is -1.44. The van der Waals surface area contributed by atoms with Gasteiger partial charge in [-0.3, -0.25) is 4.79 Å². The van der Waals surface area contributed by atoms with E-state index in [9.17, 15) is 24.6 Å². The Labute approximate surface area is 174 Å². The highest BCUT2D eigenvalue weighted by Crippen LogP contribution is 2.44. The van der Waals surface area contributed by atoms with Crippen LogP contribution in [-0.2, 0) is 15.2 Å². The Balaban J connectivity index is 2.02. The molecule has 0 aromatic heterocycles. The topological polar surface area (TPSA) is 91.7 Å². The summed E-state index contributed by atoms with van der Waals surface area (Å²) >= 11 is 1.01. The van der Waals surface area contributed by atoms with Crippen molar-refractivity contribution in [3.05, 3.63) is 48.0 Å². The number of benzene rings is 2. The molecule has 29 heavy (non-hydrogen) atoms. The van der Waals surface area contributed by atoms with E-state index < -0.39 is 34.0 Å². The standard InChI is InChI=1S/C22H25NO5S/c1-14(12-29-16(3)24)20(25)23(21(26)27)13-22(28,11-15(23)2)19-10-6-8-17-7-4-5-9-18(17)19/h4-10,14-15,28H,11-13H2,1-3H3/p+1/t14?,15?,22?,23-/m0/s1. The van der Waals surface area contributed by atoms with Crippen LogP contribution in [0.5, 0.6) is 0 Å². The van der Waals surface area contributed by atoms with Crippen LogP contribution in [-0.4, -0.2) is 50.2 Å². The average Bonchev–Trinajstić information content (AvgIpc) is 2.97. The molecule has 0 spiro atoms. The molecule has 6 nitrogen and oxygen atoms in total. The van der Waals surface area contributed by atoms with Crippen LogP contribution in [0.15, 0.2) is 42.5 Å². The summed E-state index contributed by atoms with van der Waals surface area (Å²) in [6.45, 7) is 4.52. The lowest BCUT2D eigenvalue weighted by molar-refractivity contribution is -0.797. The minimum Gasteiger partial charge on any atom is -0.435 e. The van der Waals surface area contributed by atoms with Crippen molar-refractivity contribution in [2.45, 2.75) is 38.8 Å². The molecule has 2 N–H and O–H groups in total. The molecule has 1 fully saturated rings. The summed E-state index contributed by atoms with van der Waals surface area (Å²) in [6.07, 6.45) is -1.11. The summed E-state index contributed by atoms with van der Waals surface area (Å²) in [4.78, 5) is 36.9. The molecule has 2 aromatic carbocycles. The van der Waals surface area contributed by atoms with Crippen molar-refractivity contribution in [2.24, 2.45) is 5.92 Å². The first kappa shape index (κ1) is 21.5. The number of fused-ring (bicyclic) bond motifs is 1. The summed E-state index contributed by atoms with van der Waals surface area (Å²) in [6, 6.07) is 12.6. The van der Waals surface area contributed by atoms with E-state index in [1.807, 2.05) is 36.4 Å². The van der Waals surface area contributed by atoms with Crippen LogP contribution in [0.1, 0.15) is 32.8 Å². The fourth-order valence-electron chi connectivity index (χ4n) is 4.46. The van der Waals surface area contributed by atoms with Crippen molar-refractivity contribution in [3.8, 4) is 0 Å². The Bertz CT molecular complexity index is 971. The number of amides is 2. The molecule has 3 unspecified atom stereocenters. The average molecular weight is 417 g/mol. The van der Waals surface area contributed by atoms with Crippen molar-refractivity contribution >= 4 is 39.7 Å². The quantitative estimate of drug-likeness (QED) is 0.738. The van der Waals surface area contributed by atoms with E-state index in [-0.39, 0.29) is 23.8 Å². The molecule has 1 heterocycles. The molecule has 4 atom stereocenters. The maximum atomic E-state index is 13.3. The highest BCUT2D eigenvalue weighted by molar-refractivity contribution is 8.13. The van der Waals surface area contributed by atoms with E-state index in [0.29, 0.717) is 5.56 Å². The second kappa shape index (κ2) is 7.89. The van der Waals surface area contributed by atoms with Crippen LogP contribution >= 0.6 is 11.8 Å². The molecular formula is C22H26NO5S+. The monoisotopic (exact) mass is 416 g/mol. The molecule has 7 heteroatoms. The molecule has 2 aromatic rings. The predicted molar refractivity (Wildman–Crippen MR) is 112 cm³/mol. The zero-order valence-electron chi connectivity index (χ0n) is 16.8. The number of thioether (sulfide) groups is 1. The first-order chi connectivity index (χ1) is 13.6. The number of imide groups is 1. The molecule has 1 saturated heterocycles. The number of rotatable bonds is 4. The van der Waals surface area contributed by atoms with Gasteiger partial charge in [-0.05, 0) is 30.2 Å². The molecule has 0 aliphatic carbocycles. The maximum absolute atomic E-state index is 13.3. The van der Waals surface area contributed by atoms with Crippen LogP contribution in [0, 0.1) is 5.92 Å². The van der Waals surface area contributed by atoms with Gasteiger partial charge in [-0.25, -0.2) is 4.79 Å². The van der Waals surface area contributed by atoms with E-state index in [4.69, 9.17) is 0 Å². The summed E-state index contributed by atoms with van der Waals surface area (Å²) in [5, 5.41) is 23.3. The number of nitrogens with zero attached hydrogens (tertiary/aromatic N) is 1. The van der Waals surface area contributed by atoms with E-state index in [0.717, 1.165) is 22.5 Å². The van der Waals surface area contributed by atoms with Crippen molar-refractivity contribution in [2.75, 3.05) is 12.3 Å². The van der Waals surface area contributed by atoms with Crippen molar-refractivity contribution in [3.63, 3.8) is 0 Å². The lowest BCUT2D eigenvalue weighted by atomic mass is 9.87. The smallest absolute Gasteiger partial charge is 0.435 e. The van der Waals surface area contributed by atoms with E-state index >= 15 is 0 Å². The number of hydrogen-bond acceptors (Lipinski definition) is 5. The van der Waals surface area contributed by atoms with Crippen LogP contribution in [0.4, 0.5) is 4.79 Å². The Morgan fingerprint density at radius 2 is 1.86 bits per heavy atom. The predicted octanol–water partition coefficient (Wildman–Crippen LogP) is 3.76. The minimum absolute atomic E-state index is 0.117. The first-order valence-electron chi connectivity index (χ1n) is 9.61. The second-order valence-electron chi connectivity index (χ2n) is 7.96. The molecular weight excluding hydrogens is 390 g/mol. The van der Waals surface area contributed by atoms with Gasteiger partial charge in [0.25, 0.3) is 0 Å². The van der Waals surface area contributed by atoms with Crippen LogP contribution in [0.3, 0.4) is 0 Å². The van der Waals surface area contributed by atoms with E-state index in [1.54, 1.807) is 19.9 Å².